The predicted octanol–water partition coefficient (Wildman–Crippen LogP) is 1.56. The van der Waals surface area contributed by atoms with E-state index in [4.69, 9.17) is 0 Å². The van der Waals surface area contributed by atoms with Crippen LogP contribution in [0.4, 0.5) is 17.3 Å². The third-order valence-corrected chi connectivity index (χ3v) is 2.32. The van der Waals surface area contributed by atoms with Crippen molar-refractivity contribution in [2.75, 3.05) is 17.7 Å². The maximum Gasteiger partial charge on any atom is 0.136 e. The summed E-state index contributed by atoms with van der Waals surface area (Å²) in [4.78, 5) is 8.74. The molecule has 0 radical (unpaired) electrons. The number of rotatable bonds is 4. The lowest BCUT2D eigenvalue weighted by Crippen LogP contribution is -2.02. The lowest BCUT2D eigenvalue weighted by atomic mass is 10.4. The normalized spacial score (nSPS) is 10.3. The van der Waals surface area contributed by atoms with E-state index < -0.39 is 0 Å². The first kappa shape index (κ1) is 11.4. The molecule has 0 aliphatic rings. The Labute approximate surface area is 100 Å². The van der Waals surface area contributed by atoms with Gasteiger partial charge in [-0.05, 0) is 0 Å². The molecule has 0 aliphatic carbocycles. The number of aromatic nitrogens is 4. The largest absolute Gasteiger partial charge is 0.373 e. The SMILES string of the molecule is CCc1nc(NC)cc(Nc2cnn(C)c2)n1. The van der Waals surface area contributed by atoms with E-state index in [9.17, 15) is 0 Å². The van der Waals surface area contributed by atoms with Gasteiger partial charge in [-0.25, -0.2) is 9.97 Å². The monoisotopic (exact) mass is 232 g/mol. The zero-order chi connectivity index (χ0) is 12.3. The van der Waals surface area contributed by atoms with E-state index in [1.54, 1.807) is 10.9 Å². The Morgan fingerprint density at radius 3 is 2.65 bits per heavy atom. The van der Waals surface area contributed by atoms with Crippen LogP contribution in [0.2, 0.25) is 0 Å². The second-order valence-corrected chi connectivity index (χ2v) is 3.69. The molecule has 2 N–H and O–H groups in total. The highest BCUT2D eigenvalue weighted by Crippen LogP contribution is 2.16. The van der Waals surface area contributed by atoms with E-state index >= 15 is 0 Å². The molecule has 2 aromatic heterocycles. The zero-order valence-corrected chi connectivity index (χ0v) is 10.2. The number of nitrogens with zero attached hydrogens (tertiary/aromatic N) is 4. The van der Waals surface area contributed by atoms with Crippen molar-refractivity contribution < 1.29 is 0 Å². The smallest absolute Gasteiger partial charge is 0.136 e. The zero-order valence-electron chi connectivity index (χ0n) is 10.2. The van der Waals surface area contributed by atoms with E-state index in [-0.39, 0.29) is 0 Å². The summed E-state index contributed by atoms with van der Waals surface area (Å²) < 4.78 is 1.74. The average Bonchev–Trinajstić information content (AvgIpc) is 2.74. The number of aryl methyl sites for hydroxylation is 2. The molecule has 17 heavy (non-hydrogen) atoms. The van der Waals surface area contributed by atoms with Gasteiger partial charge in [0.1, 0.15) is 17.5 Å². The van der Waals surface area contributed by atoms with Crippen molar-refractivity contribution in [1.29, 1.82) is 0 Å². The van der Waals surface area contributed by atoms with Crippen LogP contribution in [-0.2, 0) is 13.5 Å². The van der Waals surface area contributed by atoms with Gasteiger partial charge < -0.3 is 10.6 Å². The predicted molar refractivity (Wildman–Crippen MR) is 67.4 cm³/mol. The van der Waals surface area contributed by atoms with Crippen LogP contribution in [0.5, 0.6) is 0 Å². The first-order valence-corrected chi connectivity index (χ1v) is 5.52. The highest BCUT2D eigenvalue weighted by atomic mass is 15.3. The summed E-state index contributed by atoms with van der Waals surface area (Å²) >= 11 is 0. The summed E-state index contributed by atoms with van der Waals surface area (Å²) in [6, 6.07) is 1.87. The highest BCUT2D eigenvalue weighted by Gasteiger charge is 2.03. The van der Waals surface area contributed by atoms with Gasteiger partial charge in [-0.15, -0.1) is 0 Å². The Morgan fingerprint density at radius 1 is 1.29 bits per heavy atom. The van der Waals surface area contributed by atoms with Crippen molar-refractivity contribution in [2.45, 2.75) is 13.3 Å². The summed E-state index contributed by atoms with van der Waals surface area (Å²) in [5.41, 5.74) is 0.912. The molecule has 0 aliphatic heterocycles. The third kappa shape index (κ3) is 2.72. The molecular weight excluding hydrogens is 216 g/mol. The summed E-state index contributed by atoms with van der Waals surface area (Å²) in [5, 5.41) is 10.3. The average molecular weight is 232 g/mol. The van der Waals surface area contributed by atoms with Gasteiger partial charge >= 0.3 is 0 Å². The highest BCUT2D eigenvalue weighted by molar-refractivity contribution is 5.57. The molecule has 6 heteroatoms. The Morgan fingerprint density at radius 2 is 2.06 bits per heavy atom. The lowest BCUT2D eigenvalue weighted by molar-refractivity contribution is 0.768. The molecule has 2 rings (SSSR count). The lowest BCUT2D eigenvalue weighted by Gasteiger charge is -2.07. The minimum absolute atomic E-state index is 0.772. The van der Waals surface area contributed by atoms with Crippen molar-refractivity contribution in [3.63, 3.8) is 0 Å². The van der Waals surface area contributed by atoms with Crippen LogP contribution < -0.4 is 10.6 Å². The number of hydrogen-bond donors (Lipinski definition) is 2. The minimum atomic E-state index is 0.772. The van der Waals surface area contributed by atoms with Gasteiger partial charge in [0.05, 0.1) is 11.9 Å². The number of hydrogen-bond acceptors (Lipinski definition) is 5. The number of nitrogens with one attached hydrogen (secondary N) is 2. The molecule has 6 nitrogen and oxygen atoms in total. The molecular formula is C11H16N6. The fourth-order valence-electron chi connectivity index (χ4n) is 1.48. The third-order valence-electron chi connectivity index (χ3n) is 2.32. The second kappa shape index (κ2) is 4.82. The summed E-state index contributed by atoms with van der Waals surface area (Å²) in [5.74, 6) is 2.39. The van der Waals surface area contributed by atoms with Crippen molar-refractivity contribution >= 4 is 17.3 Å². The van der Waals surface area contributed by atoms with Gasteiger partial charge in [0.15, 0.2) is 0 Å². The van der Waals surface area contributed by atoms with Crippen LogP contribution in [0.15, 0.2) is 18.5 Å². The van der Waals surface area contributed by atoms with Crippen molar-refractivity contribution in [3.05, 3.63) is 24.3 Å². The second-order valence-electron chi connectivity index (χ2n) is 3.69. The van der Waals surface area contributed by atoms with Crippen LogP contribution in [0.1, 0.15) is 12.7 Å². The Kier molecular flexibility index (Phi) is 3.22. The molecule has 90 valence electrons. The topological polar surface area (TPSA) is 67.7 Å². The molecule has 0 fully saturated rings. The molecule has 0 aromatic carbocycles. The maximum atomic E-state index is 4.41. The van der Waals surface area contributed by atoms with E-state index in [1.165, 1.54) is 0 Å². The fourth-order valence-corrected chi connectivity index (χ4v) is 1.48. The van der Waals surface area contributed by atoms with Crippen LogP contribution >= 0.6 is 0 Å². The summed E-state index contributed by atoms with van der Waals surface area (Å²) in [7, 11) is 3.72. The first-order valence-electron chi connectivity index (χ1n) is 5.52. The van der Waals surface area contributed by atoms with E-state index in [1.807, 2.05) is 33.3 Å². The minimum Gasteiger partial charge on any atom is -0.373 e. The van der Waals surface area contributed by atoms with E-state index in [2.05, 4.69) is 25.7 Å². The fraction of sp³-hybridized carbons (Fsp3) is 0.364. The van der Waals surface area contributed by atoms with Gasteiger partial charge in [-0.3, -0.25) is 4.68 Å². The number of anilines is 3. The van der Waals surface area contributed by atoms with Gasteiger partial charge in [0.2, 0.25) is 0 Å². The maximum absolute atomic E-state index is 4.41. The Hall–Kier alpha value is -2.11. The van der Waals surface area contributed by atoms with Crippen LogP contribution in [0.3, 0.4) is 0 Å². The van der Waals surface area contributed by atoms with Crippen LogP contribution in [0.25, 0.3) is 0 Å². The van der Waals surface area contributed by atoms with Crippen LogP contribution in [0, 0.1) is 0 Å². The van der Waals surface area contributed by atoms with Crippen molar-refractivity contribution in [1.82, 2.24) is 19.7 Å². The molecule has 0 amide bonds. The van der Waals surface area contributed by atoms with Crippen LogP contribution in [-0.4, -0.2) is 26.8 Å². The molecule has 2 heterocycles. The van der Waals surface area contributed by atoms with Gasteiger partial charge in [-0.1, -0.05) is 6.92 Å². The molecule has 0 saturated heterocycles. The Bertz CT molecular complexity index is 482. The van der Waals surface area contributed by atoms with Crippen molar-refractivity contribution in [3.8, 4) is 0 Å². The van der Waals surface area contributed by atoms with E-state index in [0.29, 0.717) is 0 Å². The van der Waals surface area contributed by atoms with Gasteiger partial charge in [-0.2, -0.15) is 5.10 Å². The molecule has 2 aromatic rings. The summed E-state index contributed by atoms with van der Waals surface area (Å²) in [6.07, 6.45) is 4.46. The molecule has 0 saturated carbocycles. The quantitative estimate of drug-likeness (QED) is 0.837. The first-order chi connectivity index (χ1) is 8.21. The van der Waals surface area contributed by atoms with Gasteiger partial charge in [0.25, 0.3) is 0 Å². The molecule has 0 bridgehead atoms. The van der Waals surface area contributed by atoms with Crippen molar-refractivity contribution in [2.24, 2.45) is 7.05 Å². The molecule has 0 unspecified atom stereocenters. The Balaban J connectivity index is 2.25. The summed E-state index contributed by atoms with van der Waals surface area (Å²) in [6.45, 7) is 2.03. The molecule has 0 spiro atoms. The standard InChI is InChI=1S/C11H16N6/c1-4-9-15-10(12-2)5-11(16-9)14-8-6-13-17(3)7-8/h5-7H,4H2,1-3H3,(H2,12,14,15,16). The molecule has 0 atom stereocenters. The van der Waals surface area contributed by atoms with Gasteiger partial charge in [0, 0.05) is 32.8 Å². The van der Waals surface area contributed by atoms with E-state index in [0.717, 1.165) is 29.6 Å².